The molecule has 2 aliphatic heterocycles. The molecular weight excluding hydrogens is 446 g/mol. The van der Waals surface area contributed by atoms with E-state index in [1.807, 2.05) is 36.4 Å². The number of hydrogen-bond donors (Lipinski definition) is 8. The maximum Gasteiger partial charge on any atom is 0.156 e. The van der Waals surface area contributed by atoms with Crippen molar-refractivity contribution in [1.29, 1.82) is 0 Å². The Bertz CT molecular complexity index is 1180. The van der Waals surface area contributed by atoms with Gasteiger partial charge in [-0.2, -0.15) is 0 Å². The van der Waals surface area contributed by atoms with Crippen LogP contribution in [0.2, 0.25) is 0 Å². The molecule has 0 unspecified atom stereocenters. The summed E-state index contributed by atoms with van der Waals surface area (Å²) in [5.74, 6) is 0. The predicted molar refractivity (Wildman–Crippen MR) is 122 cm³/mol. The van der Waals surface area contributed by atoms with Crippen LogP contribution in [0.25, 0.3) is 21.8 Å². The lowest BCUT2D eigenvalue weighted by Gasteiger charge is -2.38. The molecule has 1 aromatic heterocycles. The van der Waals surface area contributed by atoms with Crippen LogP contribution in [0.1, 0.15) is 0 Å². The first-order valence-electron chi connectivity index (χ1n) is 11.0. The SMILES string of the molecule is O[C@@H]1[C@H](O)[C@H](O)CO[C@@H]1Nc1ccc2cc3ccccc3nc2c1N[C@H]1OC[C@@H](O)[C@@H](O)[C@H]1O. The van der Waals surface area contributed by atoms with Crippen molar-refractivity contribution in [3.8, 4) is 0 Å². The molecule has 182 valence electrons. The third kappa shape index (κ3) is 4.17. The molecule has 0 aliphatic carbocycles. The van der Waals surface area contributed by atoms with Gasteiger partial charge in [-0.3, -0.25) is 0 Å². The molecule has 34 heavy (non-hydrogen) atoms. The van der Waals surface area contributed by atoms with E-state index < -0.39 is 49.1 Å². The van der Waals surface area contributed by atoms with E-state index in [1.54, 1.807) is 6.07 Å². The van der Waals surface area contributed by atoms with Gasteiger partial charge in [-0.25, -0.2) is 4.98 Å². The number of nitrogens with zero attached hydrogens (tertiary/aromatic N) is 1. The molecule has 2 aromatic carbocycles. The van der Waals surface area contributed by atoms with Gasteiger partial charge in [-0.1, -0.05) is 24.3 Å². The molecule has 0 saturated carbocycles. The first-order chi connectivity index (χ1) is 16.3. The van der Waals surface area contributed by atoms with Gasteiger partial charge in [-0.15, -0.1) is 0 Å². The van der Waals surface area contributed by atoms with E-state index in [4.69, 9.17) is 14.5 Å². The Hall–Kier alpha value is -2.61. The van der Waals surface area contributed by atoms with Crippen molar-refractivity contribution in [2.75, 3.05) is 23.8 Å². The Labute approximate surface area is 194 Å². The normalized spacial score (nSPS) is 34.3. The van der Waals surface area contributed by atoms with Crippen LogP contribution in [0, 0.1) is 0 Å². The third-order valence-electron chi connectivity index (χ3n) is 6.28. The number of nitrogens with one attached hydrogen (secondary N) is 2. The van der Waals surface area contributed by atoms with Crippen molar-refractivity contribution in [2.45, 2.75) is 49.1 Å². The summed E-state index contributed by atoms with van der Waals surface area (Å²) >= 11 is 0. The molecule has 11 heteroatoms. The highest BCUT2D eigenvalue weighted by Gasteiger charge is 2.40. The first-order valence-corrected chi connectivity index (χ1v) is 11.0. The van der Waals surface area contributed by atoms with Gasteiger partial charge in [0.1, 0.15) is 36.6 Å². The lowest BCUT2D eigenvalue weighted by molar-refractivity contribution is -0.179. The molecule has 0 amide bonds. The molecule has 2 saturated heterocycles. The van der Waals surface area contributed by atoms with E-state index >= 15 is 0 Å². The molecule has 8 atom stereocenters. The second kappa shape index (κ2) is 9.21. The molecule has 0 radical (unpaired) electrons. The number of aliphatic hydroxyl groups excluding tert-OH is 6. The monoisotopic (exact) mass is 473 g/mol. The van der Waals surface area contributed by atoms with Crippen LogP contribution in [-0.4, -0.2) is 97.9 Å². The number of fused-ring (bicyclic) bond motifs is 2. The highest BCUT2D eigenvalue weighted by Crippen LogP contribution is 2.35. The average molecular weight is 473 g/mol. The summed E-state index contributed by atoms with van der Waals surface area (Å²) in [5.41, 5.74) is 2.06. The summed E-state index contributed by atoms with van der Waals surface area (Å²) in [6, 6.07) is 13.1. The molecule has 3 heterocycles. The zero-order valence-electron chi connectivity index (χ0n) is 18.0. The summed E-state index contributed by atoms with van der Waals surface area (Å²) in [7, 11) is 0. The third-order valence-corrected chi connectivity index (χ3v) is 6.28. The van der Waals surface area contributed by atoms with Crippen molar-refractivity contribution in [3.63, 3.8) is 0 Å². The predicted octanol–water partition coefficient (Wildman–Crippen LogP) is -0.910. The van der Waals surface area contributed by atoms with Crippen molar-refractivity contribution in [2.24, 2.45) is 0 Å². The lowest BCUT2D eigenvalue weighted by atomic mass is 10.0. The van der Waals surface area contributed by atoms with E-state index in [-0.39, 0.29) is 13.2 Å². The van der Waals surface area contributed by atoms with Gasteiger partial charge >= 0.3 is 0 Å². The summed E-state index contributed by atoms with van der Waals surface area (Å²) in [4.78, 5) is 4.76. The Morgan fingerprint density at radius 3 is 2.00 bits per heavy atom. The second-order valence-corrected chi connectivity index (χ2v) is 8.63. The minimum Gasteiger partial charge on any atom is -0.388 e. The molecule has 5 rings (SSSR count). The zero-order valence-corrected chi connectivity index (χ0v) is 18.0. The number of para-hydroxylation sites is 1. The van der Waals surface area contributed by atoms with Gasteiger partial charge in [0.25, 0.3) is 0 Å². The van der Waals surface area contributed by atoms with Crippen molar-refractivity contribution >= 4 is 33.2 Å². The summed E-state index contributed by atoms with van der Waals surface area (Å²) in [5, 5.41) is 68.3. The number of aliphatic hydroxyl groups is 6. The molecule has 2 aliphatic rings. The number of pyridine rings is 1. The molecule has 3 aromatic rings. The van der Waals surface area contributed by atoms with Gasteiger partial charge in [0.2, 0.25) is 0 Å². The number of rotatable bonds is 4. The van der Waals surface area contributed by atoms with Crippen LogP contribution in [-0.2, 0) is 9.47 Å². The first kappa shape index (κ1) is 23.1. The number of aromatic nitrogens is 1. The molecule has 8 N–H and O–H groups in total. The summed E-state index contributed by atoms with van der Waals surface area (Å²) in [6.07, 6.45) is -10.2. The largest absolute Gasteiger partial charge is 0.388 e. The van der Waals surface area contributed by atoms with Crippen molar-refractivity contribution in [3.05, 3.63) is 42.5 Å². The Kier molecular flexibility index (Phi) is 6.27. The van der Waals surface area contributed by atoms with Crippen LogP contribution in [0.5, 0.6) is 0 Å². The second-order valence-electron chi connectivity index (χ2n) is 8.63. The molecule has 2 fully saturated rings. The van der Waals surface area contributed by atoms with E-state index in [0.29, 0.717) is 16.9 Å². The molecule has 11 nitrogen and oxygen atoms in total. The number of anilines is 2. The van der Waals surface area contributed by atoms with Crippen LogP contribution in [0.15, 0.2) is 42.5 Å². The Balaban J connectivity index is 1.56. The minimum atomic E-state index is -1.43. The van der Waals surface area contributed by atoms with E-state index in [9.17, 15) is 30.6 Å². The molecule has 0 spiro atoms. The number of hydrogen-bond acceptors (Lipinski definition) is 11. The minimum absolute atomic E-state index is 0.177. The average Bonchev–Trinajstić information content (AvgIpc) is 2.84. The number of ether oxygens (including phenoxy) is 2. The Morgan fingerprint density at radius 1 is 0.706 bits per heavy atom. The van der Waals surface area contributed by atoms with Crippen LogP contribution < -0.4 is 10.6 Å². The summed E-state index contributed by atoms with van der Waals surface area (Å²) in [6.45, 7) is -0.363. The summed E-state index contributed by atoms with van der Waals surface area (Å²) < 4.78 is 11.0. The van der Waals surface area contributed by atoms with Gasteiger partial charge < -0.3 is 50.7 Å². The van der Waals surface area contributed by atoms with E-state index in [1.165, 1.54) is 0 Å². The zero-order chi connectivity index (χ0) is 24.0. The van der Waals surface area contributed by atoms with Crippen molar-refractivity contribution in [1.82, 2.24) is 4.98 Å². The maximum absolute atomic E-state index is 10.5. The lowest BCUT2D eigenvalue weighted by Crippen LogP contribution is -2.56. The van der Waals surface area contributed by atoms with Crippen LogP contribution >= 0.6 is 0 Å². The van der Waals surface area contributed by atoms with E-state index in [2.05, 4.69) is 10.6 Å². The van der Waals surface area contributed by atoms with Crippen molar-refractivity contribution < 1.29 is 40.1 Å². The van der Waals surface area contributed by atoms with Gasteiger partial charge in [0, 0.05) is 10.8 Å². The molecular formula is C23H27N3O8. The smallest absolute Gasteiger partial charge is 0.156 e. The van der Waals surface area contributed by atoms with E-state index in [0.717, 1.165) is 16.3 Å². The van der Waals surface area contributed by atoms with Gasteiger partial charge in [0.05, 0.1) is 35.6 Å². The van der Waals surface area contributed by atoms with Crippen LogP contribution in [0.3, 0.4) is 0 Å². The fourth-order valence-corrected chi connectivity index (χ4v) is 4.27. The topological polar surface area (TPSA) is 177 Å². The highest BCUT2D eigenvalue weighted by molar-refractivity contribution is 6.02. The van der Waals surface area contributed by atoms with Gasteiger partial charge in [-0.05, 0) is 18.2 Å². The van der Waals surface area contributed by atoms with Gasteiger partial charge in [0.15, 0.2) is 12.5 Å². The molecule has 0 bridgehead atoms. The standard InChI is InChI=1S/C23H27N3O8/c27-14-8-33-22(20(31)18(14)29)25-13-6-5-11-7-10-3-1-2-4-12(10)24-16(11)17(13)26-23-21(32)19(30)15(28)9-34-23/h1-7,14-15,18-23,25-32H,8-9H2/t14-,15-,18-,19-,20-,21-,22+,23+/m1/s1. The fourth-order valence-electron chi connectivity index (χ4n) is 4.27. The number of benzene rings is 2. The maximum atomic E-state index is 10.5. The fraction of sp³-hybridized carbons (Fsp3) is 0.435. The quantitative estimate of drug-likeness (QED) is 0.220. The highest BCUT2D eigenvalue weighted by atomic mass is 16.5. The Morgan fingerprint density at radius 2 is 1.32 bits per heavy atom. The van der Waals surface area contributed by atoms with Crippen LogP contribution in [0.4, 0.5) is 11.4 Å².